The van der Waals surface area contributed by atoms with Crippen molar-refractivity contribution in [3.63, 3.8) is 0 Å². The number of H-pyrrole nitrogens is 1. The van der Waals surface area contributed by atoms with Gasteiger partial charge in [0.2, 0.25) is 0 Å². The number of ether oxygens (including phenoxy) is 1. The topological polar surface area (TPSA) is 98.2 Å². The number of carbonyl (C=O) groups is 1. The highest BCUT2D eigenvalue weighted by Crippen LogP contribution is 2.33. The van der Waals surface area contributed by atoms with Crippen LogP contribution in [0, 0.1) is 11.3 Å². The third-order valence-corrected chi connectivity index (χ3v) is 5.22. The number of piperidine rings is 1. The van der Waals surface area contributed by atoms with E-state index in [0.29, 0.717) is 35.2 Å². The van der Waals surface area contributed by atoms with Gasteiger partial charge in [-0.15, -0.1) is 0 Å². The summed E-state index contributed by atoms with van der Waals surface area (Å²) in [5.74, 6) is -0.215. The number of hydrogen-bond donors (Lipinski definition) is 2. The minimum Gasteiger partial charge on any atom is -0.378 e. The molecular weight excluding hydrogens is 332 g/mol. The highest BCUT2D eigenvalue weighted by Gasteiger charge is 2.32. The summed E-state index contributed by atoms with van der Waals surface area (Å²) in [6.07, 6.45) is 1.58. The molecule has 0 atom stereocenters. The van der Waals surface area contributed by atoms with Gasteiger partial charge >= 0.3 is 0 Å². The first kappa shape index (κ1) is 18.0. The molecule has 0 unspecified atom stereocenters. The molecule has 1 fully saturated rings. The fourth-order valence-corrected chi connectivity index (χ4v) is 3.40. The van der Waals surface area contributed by atoms with E-state index < -0.39 is 5.56 Å². The van der Waals surface area contributed by atoms with E-state index in [-0.39, 0.29) is 17.1 Å². The first-order valence-electron chi connectivity index (χ1n) is 8.55. The summed E-state index contributed by atoms with van der Waals surface area (Å²) in [6.45, 7) is 3.40. The lowest BCUT2D eigenvalue weighted by atomic mass is 9.92. The predicted molar refractivity (Wildman–Crippen MR) is 99.5 cm³/mol. The third-order valence-electron chi connectivity index (χ3n) is 5.22. The third kappa shape index (κ3) is 3.04. The second-order valence-electron chi connectivity index (χ2n) is 6.77. The molecule has 0 saturated carbocycles. The Morgan fingerprint density at radius 1 is 1.38 bits per heavy atom. The van der Waals surface area contributed by atoms with Gasteiger partial charge in [-0.25, -0.2) is 0 Å². The summed E-state index contributed by atoms with van der Waals surface area (Å²) < 4.78 is 5.58. The number of rotatable bonds is 3. The van der Waals surface area contributed by atoms with Crippen molar-refractivity contribution < 1.29 is 9.53 Å². The molecule has 7 heteroatoms. The van der Waals surface area contributed by atoms with Gasteiger partial charge in [0.25, 0.3) is 11.5 Å². The molecule has 2 N–H and O–H groups in total. The number of fused-ring (bicyclic) bond motifs is 1. The molecule has 26 heavy (non-hydrogen) atoms. The Bertz CT molecular complexity index is 950. The average Bonchev–Trinajstić information content (AvgIpc) is 2.66. The first-order valence-corrected chi connectivity index (χ1v) is 8.55. The van der Waals surface area contributed by atoms with Gasteiger partial charge in [-0.3, -0.25) is 9.59 Å². The minimum absolute atomic E-state index is 0.0765. The van der Waals surface area contributed by atoms with E-state index in [0.717, 1.165) is 12.8 Å². The Balaban J connectivity index is 2.17. The molecule has 1 aliphatic heterocycles. The number of amides is 1. The van der Waals surface area contributed by atoms with Crippen LogP contribution < -0.4 is 15.8 Å². The normalized spacial score (nSPS) is 16.3. The molecule has 1 aromatic carbocycles. The van der Waals surface area contributed by atoms with Crippen molar-refractivity contribution in [2.75, 3.05) is 32.1 Å². The standard InChI is InChI=1S/C19H22N4O3/c1-19(26-3)6-8-23(9-7-19)16-13-10-12(17(24)21-2)4-5-15(13)22-18(25)14(16)11-20/h4-5,10H,6-9H2,1-3H3,(H,21,24)(H,22,25). The molecular formula is C19H22N4O3. The molecule has 1 saturated heterocycles. The maximum atomic E-state index is 12.4. The summed E-state index contributed by atoms with van der Waals surface area (Å²) in [7, 11) is 3.27. The number of benzene rings is 1. The number of aromatic amines is 1. The maximum Gasteiger partial charge on any atom is 0.268 e. The van der Waals surface area contributed by atoms with Gasteiger partial charge in [0, 0.05) is 38.2 Å². The van der Waals surface area contributed by atoms with Gasteiger partial charge in [-0.2, -0.15) is 5.26 Å². The van der Waals surface area contributed by atoms with E-state index >= 15 is 0 Å². The van der Waals surface area contributed by atoms with Gasteiger partial charge in [-0.05, 0) is 38.0 Å². The number of anilines is 1. The molecule has 1 aliphatic rings. The van der Waals surface area contributed by atoms with Crippen LogP contribution in [-0.4, -0.2) is 43.7 Å². The van der Waals surface area contributed by atoms with Crippen molar-refractivity contribution in [2.45, 2.75) is 25.4 Å². The van der Waals surface area contributed by atoms with Crippen LogP contribution in [0.15, 0.2) is 23.0 Å². The highest BCUT2D eigenvalue weighted by atomic mass is 16.5. The monoisotopic (exact) mass is 354 g/mol. The minimum atomic E-state index is -0.414. The summed E-state index contributed by atoms with van der Waals surface area (Å²) in [5, 5.41) is 12.9. The lowest BCUT2D eigenvalue weighted by Crippen LogP contribution is -2.44. The molecule has 3 rings (SSSR count). The zero-order valence-corrected chi connectivity index (χ0v) is 15.2. The summed E-state index contributed by atoms with van der Waals surface area (Å²) in [5.41, 5.74) is 1.14. The molecule has 0 aliphatic carbocycles. The largest absolute Gasteiger partial charge is 0.378 e. The zero-order valence-electron chi connectivity index (χ0n) is 15.2. The number of nitriles is 1. The van der Waals surface area contributed by atoms with Gasteiger partial charge in [0.1, 0.15) is 11.6 Å². The van der Waals surface area contributed by atoms with Crippen molar-refractivity contribution in [3.05, 3.63) is 39.7 Å². The summed E-state index contributed by atoms with van der Waals surface area (Å²) in [4.78, 5) is 29.2. The quantitative estimate of drug-likeness (QED) is 0.875. The lowest BCUT2D eigenvalue weighted by molar-refractivity contribution is -0.0132. The molecule has 1 amide bonds. The van der Waals surface area contributed by atoms with E-state index in [1.807, 2.05) is 11.0 Å². The Hall–Kier alpha value is -2.85. The van der Waals surface area contributed by atoms with E-state index in [9.17, 15) is 14.9 Å². The predicted octanol–water partition coefficient (Wildman–Crippen LogP) is 1.76. The van der Waals surface area contributed by atoms with Crippen LogP contribution in [0.1, 0.15) is 35.7 Å². The molecule has 0 spiro atoms. The number of nitrogens with one attached hydrogen (secondary N) is 2. The summed E-state index contributed by atoms with van der Waals surface area (Å²) >= 11 is 0. The summed E-state index contributed by atoms with van der Waals surface area (Å²) in [6, 6.07) is 7.12. The van der Waals surface area contributed by atoms with E-state index in [1.165, 1.54) is 0 Å². The Morgan fingerprint density at radius 2 is 2.08 bits per heavy atom. The van der Waals surface area contributed by atoms with Crippen LogP contribution in [-0.2, 0) is 4.74 Å². The Labute approximate surface area is 151 Å². The SMILES string of the molecule is CNC(=O)c1ccc2[nH]c(=O)c(C#N)c(N3CCC(C)(OC)CC3)c2c1. The number of nitrogens with zero attached hydrogens (tertiary/aromatic N) is 2. The van der Waals surface area contributed by atoms with E-state index in [2.05, 4.69) is 17.2 Å². The van der Waals surface area contributed by atoms with E-state index in [1.54, 1.807) is 32.4 Å². The Kier molecular flexibility index (Phi) is 4.70. The van der Waals surface area contributed by atoms with Crippen LogP contribution >= 0.6 is 0 Å². The number of carbonyl (C=O) groups excluding carboxylic acids is 1. The number of hydrogen-bond acceptors (Lipinski definition) is 5. The number of aromatic nitrogens is 1. The van der Waals surface area contributed by atoms with Crippen LogP contribution in [0.3, 0.4) is 0 Å². The lowest BCUT2D eigenvalue weighted by Gasteiger charge is -2.40. The molecule has 7 nitrogen and oxygen atoms in total. The van der Waals surface area contributed by atoms with E-state index in [4.69, 9.17) is 4.74 Å². The molecule has 0 radical (unpaired) electrons. The molecule has 2 heterocycles. The van der Waals surface area contributed by atoms with Crippen LogP contribution in [0.5, 0.6) is 0 Å². The number of methoxy groups -OCH3 is 1. The van der Waals surface area contributed by atoms with Crippen LogP contribution in [0.25, 0.3) is 10.9 Å². The van der Waals surface area contributed by atoms with Crippen LogP contribution in [0.4, 0.5) is 5.69 Å². The first-order chi connectivity index (χ1) is 12.4. The highest BCUT2D eigenvalue weighted by molar-refractivity contribution is 6.02. The van der Waals surface area contributed by atoms with Crippen molar-refractivity contribution in [1.82, 2.24) is 10.3 Å². The fraction of sp³-hybridized carbons (Fsp3) is 0.421. The fourth-order valence-electron chi connectivity index (χ4n) is 3.40. The second kappa shape index (κ2) is 6.81. The van der Waals surface area contributed by atoms with Gasteiger partial charge in [-0.1, -0.05) is 0 Å². The van der Waals surface area contributed by atoms with Crippen LogP contribution in [0.2, 0.25) is 0 Å². The van der Waals surface area contributed by atoms with Crippen molar-refractivity contribution in [1.29, 1.82) is 5.26 Å². The maximum absolute atomic E-state index is 12.4. The van der Waals surface area contributed by atoms with Gasteiger partial charge in [0.15, 0.2) is 0 Å². The number of pyridine rings is 1. The van der Waals surface area contributed by atoms with Crippen molar-refractivity contribution in [2.24, 2.45) is 0 Å². The van der Waals surface area contributed by atoms with Gasteiger partial charge in [0.05, 0.1) is 16.8 Å². The van der Waals surface area contributed by atoms with Crippen molar-refractivity contribution in [3.8, 4) is 6.07 Å². The second-order valence-corrected chi connectivity index (χ2v) is 6.77. The molecule has 1 aromatic heterocycles. The molecule has 136 valence electrons. The molecule has 0 bridgehead atoms. The zero-order chi connectivity index (χ0) is 18.9. The molecule has 2 aromatic rings. The van der Waals surface area contributed by atoms with Gasteiger partial charge < -0.3 is 19.9 Å². The Morgan fingerprint density at radius 3 is 2.65 bits per heavy atom. The van der Waals surface area contributed by atoms with Crippen molar-refractivity contribution >= 4 is 22.5 Å². The smallest absolute Gasteiger partial charge is 0.268 e. The average molecular weight is 354 g/mol.